The number of ether oxygens (including phenoxy) is 4. The molecular formula is C14H22O6. The molecule has 6 heteroatoms. The van der Waals surface area contributed by atoms with Crippen LogP contribution in [0, 0.1) is 0 Å². The van der Waals surface area contributed by atoms with Gasteiger partial charge in [-0.25, -0.2) is 9.59 Å². The van der Waals surface area contributed by atoms with Crippen molar-refractivity contribution in [2.75, 3.05) is 26.9 Å². The number of carbonyl (C=O) groups is 2. The molecule has 114 valence electrons. The van der Waals surface area contributed by atoms with Gasteiger partial charge < -0.3 is 18.9 Å². The van der Waals surface area contributed by atoms with Gasteiger partial charge in [-0.05, 0) is 13.8 Å². The Bertz CT molecular complexity index is 363. The molecule has 0 saturated carbocycles. The van der Waals surface area contributed by atoms with Gasteiger partial charge in [0.15, 0.2) is 6.61 Å². The zero-order valence-electron chi connectivity index (χ0n) is 12.3. The van der Waals surface area contributed by atoms with Crippen LogP contribution in [0.25, 0.3) is 0 Å². The SMILES string of the molecule is C=CC(=O)OC(CCOCC)(COC(=O)C(=C)C)OC. The van der Waals surface area contributed by atoms with Crippen LogP contribution in [-0.4, -0.2) is 44.7 Å². The number of carbonyl (C=O) groups excluding carboxylic acids is 2. The zero-order valence-corrected chi connectivity index (χ0v) is 12.3. The molecule has 0 aliphatic carbocycles. The average Bonchev–Trinajstić information content (AvgIpc) is 2.44. The molecule has 1 atom stereocenters. The van der Waals surface area contributed by atoms with Gasteiger partial charge in [0.2, 0.25) is 0 Å². The quantitative estimate of drug-likeness (QED) is 0.263. The normalized spacial score (nSPS) is 13.2. The van der Waals surface area contributed by atoms with Gasteiger partial charge >= 0.3 is 11.9 Å². The van der Waals surface area contributed by atoms with E-state index >= 15 is 0 Å². The lowest BCUT2D eigenvalue weighted by atomic mass is 10.2. The van der Waals surface area contributed by atoms with Gasteiger partial charge in [-0.15, -0.1) is 0 Å². The Kier molecular flexibility index (Phi) is 8.51. The van der Waals surface area contributed by atoms with Crippen LogP contribution in [0.15, 0.2) is 24.8 Å². The highest BCUT2D eigenvalue weighted by Gasteiger charge is 2.35. The first-order valence-corrected chi connectivity index (χ1v) is 6.21. The Balaban J connectivity index is 4.79. The molecule has 0 bridgehead atoms. The molecule has 0 aliphatic heterocycles. The smallest absolute Gasteiger partial charge is 0.333 e. The van der Waals surface area contributed by atoms with Gasteiger partial charge in [-0.1, -0.05) is 13.2 Å². The molecule has 0 aliphatic rings. The van der Waals surface area contributed by atoms with E-state index < -0.39 is 17.7 Å². The zero-order chi connectivity index (χ0) is 15.6. The molecule has 6 nitrogen and oxygen atoms in total. The highest BCUT2D eigenvalue weighted by atomic mass is 16.7. The second-order valence-corrected chi connectivity index (χ2v) is 4.04. The molecule has 0 radical (unpaired) electrons. The van der Waals surface area contributed by atoms with Gasteiger partial charge in [-0.3, -0.25) is 0 Å². The highest BCUT2D eigenvalue weighted by molar-refractivity contribution is 5.87. The van der Waals surface area contributed by atoms with Crippen molar-refractivity contribution in [3.05, 3.63) is 24.8 Å². The first-order chi connectivity index (χ1) is 9.40. The minimum absolute atomic E-state index is 0.223. The number of hydrogen-bond donors (Lipinski definition) is 0. The topological polar surface area (TPSA) is 71.1 Å². The summed E-state index contributed by atoms with van der Waals surface area (Å²) in [5, 5.41) is 0. The van der Waals surface area contributed by atoms with Crippen molar-refractivity contribution >= 4 is 11.9 Å². The Morgan fingerprint density at radius 2 is 2.00 bits per heavy atom. The second kappa shape index (κ2) is 9.28. The van der Waals surface area contributed by atoms with Crippen molar-refractivity contribution in [3.8, 4) is 0 Å². The molecule has 0 amide bonds. The fourth-order valence-electron chi connectivity index (χ4n) is 1.25. The molecule has 0 rings (SSSR count). The van der Waals surface area contributed by atoms with Crippen LogP contribution in [0.2, 0.25) is 0 Å². The van der Waals surface area contributed by atoms with E-state index in [1.165, 1.54) is 14.0 Å². The van der Waals surface area contributed by atoms with Gasteiger partial charge in [0.05, 0.1) is 6.61 Å². The van der Waals surface area contributed by atoms with Crippen molar-refractivity contribution in [2.24, 2.45) is 0 Å². The summed E-state index contributed by atoms with van der Waals surface area (Å²) in [6.07, 6.45) is 1.23. The van der Waals surface area contributed by atoms with Crippen LogP contribution >= 0.6 is 0 Å². The number of methoxy groups -OCH3 is 1. The molecule has 1 unspecified atom stereocenters. The predicted octanol–water partition coefficient (Wildman–Crippen LogP) is 1.60. The Labute approximate surface area is 119 Å². The number of esters is 2. The molecule has 0 N–H and O–H groups in total. The third-order valence-corrected chi connectivity index (χ3v) is 2.43. The maximum absolute atomic E-state index is 11.4. The number of hydrogen-bond acceptors (Lipinski definition) is 6. The molecule has 0 aromatic heterocycles. The summed E-state index contributed by atoms with van der Waals surface area (Å²) in [7, 11) is 1.36. The monoisotopic (exact) mass is 286 g/mol. The minimum Gasteiger partial charge on any atom is -0.455 e. The van der Waals surface area contributed by atoms with Crippen molar-refractivity contribution in [1.82, 2.24) is 0 Å². The van der Waals surface area contributed by atoms with Crippen LogP contribution in [0.1, 0.15) is 20.3 Å². The lowest BCUT2D eigenvalue weighted by Gasteiger charge is -2.30. The van der Waals surface area contributed by atoms with E-state index in [-0.39, 0.29) is 18.6 Å². The summed E-state index contributed by atoms with van der Waals surface area (Å²) in [4.78, 5) is 22.8. The number of rotatable bonds is 10. The van der Waals surface area contributed by atoms with Crippen LogP contribution in [0.3, 0.4) is 0 Å². The molecule has 20 heavy (non-hydrogen) atoms. The molecule has 0 fully saturated rings. The summed E-state index contributed by atoms with van der Waals surface area (Å²) in [6.45, 7) is 10.7. The summed E-state index contributed by atoms with van der Waals surface area (Å²) < 4.78 is 20.6. The molecular weight excluding hydrogens is 264 g/mol. The first-order valence-electron chi connectivity index (χ1n) is 6.21. The van der Waals surface area contributed by atoms with Gasteiger partial charge in [-0.2, -0.15) is 0 Å². The third-order valence-electron chi connectivity index (χ3n) is 2.43. The summed E-state index contributed by atoms with van der Waals surface area (Å²) in [5.74, 6) is -2.65. The van der Waals surface area contributed by atoms with E-state index in [1.54, 1.807) is 0 Å². The Morgan fingerprint density at radius 3 is 2.45 bits per heavy atom. The van der Waals surface area contributed by atoms with E-state index in [2.05, 4.69) is 13.2 Å². The molecule has 0 aromatic carbocycles. The first kappa shape index (κ1) is 18.3. The van der Waals surface area contributed by atoms with E-state index in [9.17, 15) is 9.59 Å². The summed E-state index contributed by atoms with van der Waals surface area (Å²) >= 11 is 0. The van der Waals surface area contributed by atoms with Crippen molar-refractivity contribution in [3.63, 3.8) is 0 Å². The maximum Gasteiger partial charge on any atom is 0.333 e. The van der Waals surface area contributed by atoms with E-state index in [1.807, 2.05) is 6.92 Å². The lowest BCUT2D eigenvalue weighted by molar-refractivity contribution is -0.242. The lowest BCUT2D eigenvalue weighted by Crippen LogP contribution is -2.43. The van der Waals surface area contributed by atoms with Gasteiger partial charge in [0, 0.05) is 31.8 Å². The van der Waals surface area contributed by atoms with Crippen molar-refractivity contribution < 1.29 is 28.5 Å². The molecule has 0 spiro atoms. The second-order valence-electron chi connectivity index (χ2n) is 4.04. The molecule has 0 saturated heterocycles. The van der Waals surface area contributed by atoms with Crippen LogP contribution < -0.4 is 0 Å². The maximum atomic E-state index is 11.4. The molecule has 0 aromatic rings. The highest BCUT2D eigenvalue weighted by Crippen LogP contribution is 2.19. The van der Waals surface area contributed by atoms with Crippen LogP contribution in [-0.2, 0) is 28.5 Å². The van der Waals surface area contributed by atoms with Gasteiger partial charge in [0.1, 0.15) is 0 Å². The summed E-state index contributed by atoms with van der Waals surface area (Å²) in [5.41, 5.74) is 0.245. The van der Waals surface area contributed by atoms with E-state index in [0.717, 1.165) is 6.08 Å². The average molecular weight is 286 g/mol. The van der Waals surface area contributed by atoms with E-state index in [4.69, 9.17) is 18.9 Å². The van der Waals surface area contributed by atoms with Crippen molar-refractivity contribution in [2.45, 2.75) is 26.1 Å². The van der Waals surface area contributed by atoms with Crippen LogP contribution in [0.5, 0.6) is 0 Å². The molecule has 0 heterocycles. The Hall–Kier alpha value is -1.66. The Morgan fingerprint density at radius 1 is 1.35 bits per heavy atom. The fraction of sp³-hybridized carbons (Fsp3) is 0.571. The van der Waals surface area contributed by atoms with E-state index in [0.29, 0.717) is 13.2 Å². The van der Waals surface area contributed by atoms with Gasteiger partial charge in [0.25, 0.3) is 5.79 Å². The van der Waals surface area contributed by atoms with Crippen LogP contribution in [0.4, 0.5) is 0 Å². The van der Waals surface area contributed by atoms with Crippen molar-refractivity contribution in [1.29, 1.82) is 0 Å². The largest absolute Gasteiger partial charge is 0.455 e. The predicted molar refractivity (Wildman–Crippen MR) is 72.9 cm³/mol. The third kappa shape index (κ3) is 6.49. The standard InChI is InChI=1S/C14H22O6/c1-6-12(15)20-14(17-5,8-9-18-7-2)10-19-13(16)11(3)4/h6H,1,3,7-10H2,2,4-5H3. The fourth-order valence-corrected chi connectivity index (χ4v) is 1.25. The summed E-state index contributed by atoms with van der Waals surface area (Å²) in [6, 6.07) is 0. The minimum atomic E-state index is -1.40.